The van der Waals surface area contributed by atoms with E-state index in [1.807, 2.05) is 12.1 Å². The van der Waals surface area contributed by atoms with Crippen LogP contribution in [0.5, 0.6) is 0 Å². The third kappa shape index (κ3) is 2.84. The molecular weight excluding hydrogens is 308 g/mol. The Bertz CT molecular complexity index is 643. The highest BCUT2D eigenvalue weighted by atomic mass is 35.5. The van der Waals surface area contributed by atoms with Crippen molar-refractivity contribution in [3.8, 4) is 0 Å². The van der Waals surface area contributed by atoms with Crippen LogP contribution in [0, 0.1) is 5.92 Å². The Kier molecular flexibility index (Phi) is 4.03. The maximum absolute atomic E-state index is 12.3. The third-order valence-electron chi connectivity index (χ3n) is 4.58. The maximum Gasteiger partial charge on any atom is 0.182 e. The van der Waals surface area contributed by atoms with E-state index in [0.717, 1.165) is 31.4 Å². The van der Waals surface area contributed by atoms with Crippen molar-refractivity contribution in [3.63, 3.8) is 0 Å². The first kappa shape index (κ1) is 15.3. The zero-order valence-corrected chi connectivity index (χ0v) is 13.7. The summed E-state index contributed by atoms with van der Waals surface area (Å²) >= 11 is 6.26. The quantitative estimate of drug-likeness (QED) is 0.920. The van der Waals surface area contributed by atoms with Gasteiger partial charge in [-0.25, -0.2) is 8.42 Å². The summed E-state index contributed by atoms with van der Waals surface area (Å²) in [4.78, 5) is 2.55. The first-order valence-electron chi connectivity index (χ1n) is 7.37. The average Bonchev–Trinajstić information content (AvgIpc) is 3.22. The largest absolute Gasteiger partial charge is 0.330 e. The molecule has 2 fully saturated rings. The molecule has 1 saturated heterocycles. The summed E-state index contributed by atoms with van der Waals surface area (Å²) < 4.78 is 24.6. The number of rotatable bonds is 4. The van der Waals surface area contributed by atoms with Crippen LogP contribution in [-0.4, -0.2) is 38.7 Å². The highest BCUT2D eigenvalue weighted by Gasteiger charge is 2.38. The molecule has 116 valence electrons. The summed E-state index contributed by atoms with van der Waals surface area (Å²) in [5.74, 6) is 0.494. The van der Waals surface area contributed by atoms with Crippen molar-refractivity contribution in [1.82, 2.24) is 4.90 Å². The number of likely N-dealkylation sites (tertiary alicyclic amines) is 1. The van der Waals surface area contributed by atoms with E-state index in [2.05, 4.69) is 11.9 Å². The van der Waals surface area contributed by atoms with Gasteiger partial charge in [-0.15, -0.1) is 0 Å². The SMILES string of the molecule is CN1CC(CN)CC1c1ccc(S(=O)(=O)C2CC2)c(Cl)c1. The lowest BCUT2D eigenvalue weighted by Gasteiger charge is -2.20. The van der Waals surface area contributed by atoms with Gasteiger partial charge in [-0.1, -0.05) is 17.7 Å². The summed E-state index contributed by atoms with van der Waals surface area (Å²) in [6, 6.07) is 5.67. The first-order valence-corrected chi connectivity index (χ1v) is 9.29. The minimum Gasteiger partial charge on any atom is -0.330 e. The second-order valence-electron chi connectivity index (χ2n) is 6.23. The molecule has 2 unspecified atom stereocenters. The molecule has 1 saturated carbocycles. The molecule has 2 N–H and O–H groups in total. The number of hydrogen-bond donors (Lipinski definition) is 1. The normalized spacial score (nSPS) is 27.2. The predicted molar refractivity (Wildman–Crippen MR) is 84.2 cm³/mol. The molecule has 6 heteroatoms. The van der Waals surface area contributed by atoms with Crippen LogP contribution in [-0.2, 0) is 9.84 Å². The lowest BCUT2D eigenvalue weighted by Crippen LogP contribution is -2.20. The Morgan fingerprint density at radius 1 is 1.38 bits per heavy atom. The Labute approximate surface area is 131 Å². The molecule has 21 heavy (non-hydrogen) atoms. The fourth-order valence-corrected chi connectivity index (χ4v) is 5.39. The van der Waals surface area contributed by atoms with Gasteiger partial charge in [0.15, 0.2) is 9.84 Å². The van der Waals surface area contributed by atoms with Crippen molar-refractivity contribution in [3.05, 3.63) is 28.8 Å². The van der Waals surface area contributed by atoms with E-state index in [1.165, 1.54) is 0 Å². The lowest BCUT2D eigenvalue weighted by atomic mass is 10.00. The van der Waals surface area contributed by atoms with Crippen molar-refractivity contribution in [2.24, 2.45) is 11.7 Å². The van der Waals surface area contributed by atoms with Gasteiger partial charge in [0.05, 0.1) is 15.2 Å². The first-order chi connectivity index (χ1) is 9.93. The molecule has 0 amide bonds. The second kappa shape index (κ2) is 5.54. The van der Waals surface area contributed by atoms with Gasteiger partial charge >= 0.3 is 0 Å². The van der Waals surface area contributed by atoms with Crippen LogP contribution < -0.4 is 5.73 Å². The van der Waals surface area contributed by atoms with Crippen molar-refractivity contribution in [2.75, 3.05) is 20.1 Å². The van der Waals surface area contributed by atoms with Gasteiger partial charge in [-0.05, 0) is 56.5 Å². The van der Waals surface area contributed by atoms with Crippen LogP contribution in [0.25, 0.3) is 0 Å². The lowest BCUT2D eigenvalue weighted by molar-refractivity contribution is 0.313. The minimum atomic E-state index is -3.23. The van der Waals surface area contributed by atoms with Gasteiger partial charge in [0.1, 0.15) is 0 Å². The van der Waals surface area contributed by atoms with Gasteiger partial charge in [-0.2, -0.15) is 0 Å². The van der Waals surface area contributed by atoms with Gasteiger partial charge in [-0.3, -0.25) is 4.90 Å². The Morgan fingerprint density at radius 3 is 2.62 bits per heavy atom. The van der Waals surface area contributed by atoms with Crippen molar-refractivity contribution >= 4 is 21.4 Å². The highest BCUT2D eigenvalue weighted by molar-refractivity contribution is 7.92. The molecule has 1 aromatic rings. The number of benzene rings is 1. The number of nitrogens with two attached hydrogens (primary N) is 1. The van der Waals surface area contributed by atoms with Crippen LogP contribution in [0.4, 0.5) is 0 Å². The summed E-state index contributed by atoms with van der Waals surface area (Å²) in [6.45, 7) is 1.66. The third-order valence-corrected chi connectivity index (χ3v) is 7.32. The Balaban J connectivity index is 1.88. The fraction of sp³-hybridized carbons (Fsp3) is 0.600. The van der Waals surface area contributed by atoms with Crippen molar-refractivity contribution < 1.29 is 8.42 Å². The van der Waals surface area contributed by atoms with E-state index in [4.69, 9.17) is 17.3 Å². The monoisotopic (exact) mass is 328 g/mol. The topological polar surface area (TPSA) is 63.4 Å². The predicted octanol–water partition coefficient (Wildman–Crippen LogP) is 2.23. The molecule has 0 spiro atoms. The number of halogens is 1. The fourth-order valence-electron chi connectivity index (χ4n) is 3.18. The number of sulfone groups is 1. The summed E-state index contributed by atoms with van der Waals surface area (Å²) in [5.41, 5.74) is 6.83. The molecule has 2 aliphatic rings. The Morgan fingerprint density at radius 2 is 2.10 bits per heavy atom. The molecule has 0 radical (unpaired) electrons. The molecular formula is C15H21ClN2O2S. The van der Waals surface area contributed by atoms with E-state index < -0.39 is 9.84 Å². The maximum atomic E-state index is 12.3. The van der Waals surface area contributed by atoms with E-state index >= 15 is 0 Å². The number of hydrogen-bond acceptors (Lipinski definition) is 4. The molecule has 4 nitrogen and oxygen atoms in total. The van der Waals surface area contributed by atoms with Gasteiger partial charge < -0.3 is 5.73 Å². The summed E-state index contributed by atoms with van der Waals surface area (Å²) in [5, 5.41) is 0.126. The van der Waals surface area contributed by atoms with Crippen molar-refractivity contribution in [1.29, 1.82) is 0 Å². The molecule has 2 atom stereocenters. The van der Waals surface area contributed by atoms with Gasteiger partial charge in [0.25, 0.3) is 0 Å². The molecule has 0 bridgehead atoms. The molecule has 1 aromatic carbocycles. The smallest absolute Gasteiger partial charge is 0.182 e. The zero-order chi connectivity index (χ0) is 15.2. The highest BCUT2D eigenvalue weighted by Crippen LogP contribution is 2.39. The minimum absolute atomic E-state index is 0.225. The van der Waals surface area contributed by atoms with Crippen LogP contribution >= 0.6 is 11.6 Å². The van der Waals surface area contributed by atoms with E-state index in [0.29, 0.717) is 17.5 Å². The standard InChI is InChI=1S/C15H21ClN2O2S/c1-18-9-10(8-17)6-14(18)11-2-5-15(13(16)7-11)21(19,20)12-3-4-12/h2,5,7,10,12,14H,3-4,6,8-9,17H2,1H3. The van der Waals surface area contributed by atoms with Crippen LogP contribution in [0.2, 0.25) is 5.02 Å². The average molecular weight is 329 g/mol. The number of nitrogens with zero attached hydrogens (tertiary/aromatic N) is 1. The zero-order valence-electron chi connectivity index (χ0n) is 12.1. The van der Waals surface area contributed by atoms with Crippen LogP contribution in [0.3, 0.4) is 0 Å². The summed E-state index contributed by atoms with van der Waals surface area (Å²) in [7, 11) is -1.16. The van der Waals surface area contributed by atoms with E-state index in [-0.39, 0.29) is 16.2 Å². The van der Waals surface area contributed by atoms with Gasteiger partial charge in [0.2, 0.25) is 0 Å². The molecule has 1 aliphatic heterocycles. The molecule has 0 aromatic heterocycles. The van der Waals surface area contributed by atoms with E-state index in [1.54, 1.807) is 6.07 Å². The molecule has 3 rings (SSSR count). The molecule has 1 heterocycles. The Hall–Kier alpha value is -0.620. The van der Waals surface area contributed by atoms with Crippen LogP contribution in [0.1, 0.15) is 30.9 Å². The van der Waals surface area contributed by atoms with Gasteiger partial charge in [0, 0.05) is 12.6 Å². The molecule has 1 aliphatic carbocycles. The second-order valence-corrected chi connectivity index (χ2v) is 8.83. The van der Waals surface area contributed by atoms with Crippen LogP contribution in [0.15, 0.2) is 23.1 Å². The van der Waals surface area contributed by atoms with Crippen molar-refractivity contribution in [2.45, 2.75) is 35.4 Å². The summed E-state index contributed by atoms with van der Waals surface area (Å²) in [6.07, 6.45) is 2.51. The van der Waals surface area contributed by atoms with E-state index in [9.17, 15) is 8.42 Å².